The highest BCUT2D eigenvalue weighted by Crippen LogP contribution is 2.29. The van der Waals surface area contributed by atoms with Gasteiger partial charge in [0.15, 0.2) is 5.76 Å². The second kappa shape index (κ2) is 5.30. The minimum atomic E-state index is -0.253. The molecule has 4 rings (SSSR count). The molecular weight excluding hydrogens is 279 g/mol. The lowest BCUT2D eigenvalue weighted by molar-refractivity contribution is 0.501. The fourth-order valence-electron chi connectivity index (χ4n) is 2.87. The fourth-order valence-corrected chi connectivity index (χ4v) is 2.87. The summed E-state index contributed by atoms with van der Waals surface area (Å²) in [4.78, 5) is 6.62. The molecular formula is C18H15FN2O. The van der Waals surface area contributed by atoms with Crippen LogP contribution in [0.5, 0.6) is 0 Å². The monoisotopic (exact) mass is 294 g/mol. The van der Waals surface area contributed by atoms with E-state index in [4.69, 9.17) is 4.42 Å². The molecule has 0 saturated heterocycles. The van der Waals surface area contributed by atoms with E-state index in [1.165, 1.54) is 23.4 Å². The smallest absolute Gasteiger partial charge is 0.214 e. The zero-order valence-electron chi connectivity index (χ0n) is 12.0. The lowest BCUT2D eigenvalue weighted by atomic mass is 10.2. The summed E-state index contributed by atoms with van der Waals surface area (Å²) < 4.78 is 18.8. The fraction of sp³-hybridized carbons (Fsp3) is 0.167. The van der Waals surface area contributed by atoms with E-state index in [9.17, 15) is 4.39 Å². The van der Waals surface area contributed by atoms with Gasteiger partial charge in [0, 0.05) is 17.8 Å². The summed E-state index contributed by atoms with van der Waals surface area (Å²) in [5.41, 5.74) is 3.46. The molecule has 0 spiro atoms. The Morgan fingerprint density at radius 1 is 1.09 bits per heavy atom. The first kappa shape index (κ1) is 13.1. The molecule has 0 N–H and O–H groups in total. The van der Waals surface area contributed by atoms with Gasteiger partial charge in [0.25, 0.3) is 0 Å². The minimum Gasteiger partial charge on any atom is -0.439 e. The molecule has 2 heterocycles. The minimum absolute atomic E-state index is 0.253. The maximum absolute atomic E-state index is 13.0. The third-order valence-corrected chi connectivity index (χ3v) is 3.99. The molecule has 0 fully saturated rings. The molecule has 2 aromatic carbocycles. The van der Waals surface area contributed by atoms with E-state index in [1.807, 2.05) is 0 Å². The van der Waals surface area contributed by atoms with Gasteiger partial charge in [-0.1, -0.05) is 18.2 Å². The van der Waals surface area contributed by atoms with Crippen LogP contribution in [0.1, 0.15) is 11.5 Å². The number of oxazole rings is 1. The van der Waals surface area contributed by atoms with Crippen molar-refractivity contribution in [2.45, 2.75) is 13.0 Å². The van der Waals surface area contributed by atoms with Gasteiger partial charge in [-0.3, -0.25) is 0 Å². The first-order valence-corrected chi connectivity index (χ1v) is 7.33. The van der Waals surface area contributed by atoms with E-state index in [1.54, 1.807) is 18.3 Å². The summed E-state index contributed by atoms with van der Waals surface area (Å²) in [6.07, 6.45) is 2.76. The number of rotatable bonds is 3. The van der Waals surface area contributed by atoms with E-state index < -0.39 is 0 Å². The van der Waals surface area contributed by atoms with E-state index >= 15 is 0 Å². The van der Waals surface area contributed by atoms with Crippen molar-refractivity contribution in [2.75, 3.05) is 11.4 Å². The standard InChI is InChI=1S/C18H15FN2O/c19-15-7-5-14(6-8-15)17-11-20-18(22-17)12-21-10-9-13-3-1-2-4-16(13)21/h1-8,11H,9-10,12H2. The summed E-state index contributed by atoms with van der Waals surface area (Å²) >= 11 is 0. The Kier molecular flexibility index (Phi) is 3.15. The van der Waals surface area contributed by atoms with Crippen molar-refractivity contribution in [2.24, 2.45) is 0 Å². The van der Waals surface area contributed by atoms with Crippen LogP contribution in [0.25, 0.3) is 11.3 Å². The second-order valence-electron chi connectivity index (χ2n) is 5.43. The van der Waals surface area contributed by atoms with Gasteiger partial charge in [-0.25, -0.2) is 9.37 Å². The van der Waals surface area contributed by atoms with Crippen molar-refractivity contribution in [1.82, 2.24) is 4.98 Å². The summed E-state index contributed by atoms with van der Waals surface area (Å²) in [6.45, 7) is 1.63. The summed E-state index contributed by atoms with van der Waals surface area (Å²) in [5.74, 6) is 1.09. The maximum atomic E-state index is 13.0. The van der Waals surface area contributed by atoms with E-state index in [-0.39, 0.29) is 5.82 Å². The summed E-state index contributed by atoms with van der Waals surface area (Å²) in [5, 5.41) is 0. The van der Waals surface area contributed by atoms with Crippen molar-refractivity contribution >= 4 is 5.69 Å². The molecule has 4 heteroatoms. The van der Waals surface area contributed by atoms with Crippen LogP contribution in [0, 0.1) is 5.82 Å². The number of para-hydroxylation sites is 1. The molecule has 1 aromatic heterocycles. The van der Waals surface area contributed by atoms with Crippen LogP contribution in [-0.4, -0.2) is 11.5 Å². The molecule has 0 saturated carbocycles. The molecule has 0 radical (unpaired) electrons. The first-order valence-electron chi connectivity index (χ1n) is 7.33. The van der Waals surface area contributed by atoms with Crippen molar-refractivity contribution < 1.29 is 8.81 Å². The second-order valence-corrected chi connectivity index (χ2v) is 5.43. The normalized spacial score (nSPS) is 13.4. The van der Waals surface area contributed by atoms with Crippen molar-refractivity contribution in [3.05, 3.63) is 72.0 Å². The molecule has 0 atom stereocenters. The molecule has 0 amide bonds. The average molecular weight is 294 g/mol. The van der Waals surface area contributed by atoms with Crippen molar-refractivity contribution in [3.63, 3.8) is 0 Å². The number of hydrogen-bond donors (Lipinski definition) is 0. The lowest BCUT2D eigenvalue weighted by Crippen LogP contribution is -2.19. The van der Waals surface area contributed by atoms with Crippen molar-refractivity contribution in [1.29, 1.82) is 0 Å². The topological polar surface area (TPSA) is 29.3 Å². The van der Waals surface area contributed by atoms with Gasteiger partial charge >= 0.3 is 0 Å². The highest BCUT2D eigenvalue weighted by molar-refractivity contribution is 5.58. The van der Waals surface area contributed by atoms with Gasteiger partial charge in [-0.05, 0) is 42.3 Å². The number of halogens is 1. The van der Waals surface area contributed by atoms with Crippen molar-refractivity contribution in [3.8, 4) is 11.3 Å². The molecule has 0 aliphatic carbocycles. The molecule has 22 heavy (non-hydrogen) atoms. The Balaban J connectivity index is 1.54. The Morgan fingerprint density at radius 2 is 1.91 bits per heavy atom. The Labute approximate surface area is 128 Å². The summed E-state index contributed by atoms with van der Waals surface area (Å²) in [7, 11) is 0. The summed E-state index contributed by atoms with van der Waals surface area (Å²) in [6, 6.07) is 14.7. The molecule has 0 bridgehead atoms. The first-order chi connectivity index (χ1) is 10.8. The van der Waals surface area contributed by atoms with Gasteiger partial charge in [-0.2, -0.15) is 0 Å². The molecule has 3 nitrogen and oxygen atoms in total. The van der Waals surface area contributed by atoms with Crippen LogP contribution in [0.4, 0.5) is 10.1 Å². The van der Waals surface area contributed by atoms with E-state index in [0.29, 0.717) is 18.2 Å². The van der Waals surface area contributed by atoms with Crippen LogP contribution < -0.4 is 4.90 Å². The number of hydrogen-bond acceptors (Lipinski definition) is 3. The predicted molar refractivity (Wildman–Crippen MR) is 83.1 cm³/mol. The molecule has 1 aliphatic rings. The number of anilines is 1. The molecule has 1 aliphatic heterocycles. The van der Waals surface area contributed by atoms with Crippen LogP contribution in [-0.2, 0) is 13.0 Å². The number of benzene rings is 2. The van der Waals surface area contributed by atoms with Gasteiger partial charge in [0.2, 0.25) is 5.89 Å². The zero-order valence-corrected chi connectivity index (χ0v) is 12.0. The third-order valence-electron chi connectivity index (χ3n) is 3.99. The van der Waals surface area contributed by atoms with Gasteiger partial charge in [-0.15, -0.1) is 0 Å². The average Bonchev–Trinajstić information content (AvgIpc) is 3.16. The van der Waals surface area contributed by atoms with Crippen LogP contribution in [0.2, 0.25) is 0 Å². The Hall–Kier alpha value is -2.62. The molecule has 3 aromatic rings. The van der Waals surface area contributed by atoms with Crippen LogP contribution in [0.15, 0.2) is 59.1 Å². The Bertz CT molecular complexity index is 795. The van der Waals surface area contributed by atoms with Gasteiger partial charge in [0.05, 0.1) is 12.7 Å². The highest BCUT2D eigenvalue weighted by Gasteiger charge is 2.20. The third kappa shape index (κ3) is 2.37. The number of fused-ring (bicyclic) bond motifs is 1. The largest absolute Gasteiger partial charge is 0.439 e. The quantitative estimate of drug-likeness (QED) is 0.730. The molecule has 0 unspecified atom stereocenters. The SMILES string of the molecule is Fc1ccc(-c2cnc(CN3CCc4ccccc43)o2)cc1. The Morgan fingerprint density at radius 3 is 2.77 bits per heavy atom. The molecule has 110 valence electrons. The highest BCUT2D eigenvalue weighted by atomic mass is 19.1. The van der Waals surface area contributed by atoms with Gasteiger partial charge < -0.3 is 9.32 Å². The van der Waals surface area contributed by atoms with Gasteiger partial charge in [0.1, 0.15) is 5.82 Å². The lowest BCUT2D eigenvalue weighted by Gasteiger charge is -2.16. The van der Waals surface area contributed by atoms with Crippen LogP contribution >= 0.6 is 0 Å². The number of aromatic nitrogens is 1. The van der Waals surface area contributed by atoms with Crippen LogP contribution in [0.3, 0.4) is 0 Å². The maximum Gasteiger partial charge on any atom is 0.214 e. The van der Waals surface area contributed by atoms with E-state index in [2.05, 4.69) is 34.1 Å². The number of nitrogens with zero attached hydrogens (tertiary/aromatic N) is 2. The predicted octanol–water partition coefficient (Wildman–Crippen LogP) is 4.04. The zero-order chi connectivity index (χ0) is 14.9. The van der Waals surface area contributed by atoms with E-state index in [0.717, 1.165) is 18.5 Å².